The van der Waals surface area contributed by atoms with Gasteiger partial charge in [-0.25, -0.2) is 4.79 Å². The van der Waals surface area contributed by atoms with E-state index < -0.39 is 59.5 Å². The smallest absolute Gasteiger partial charge is 0.335 e. The fraction of sp³-hybridized carbons (Fsp3) is 0.447. The number of hydrogen-bond donors (Lipinski definition) is 9. The van der Waals surface area contributed by atoms with E-state index in [9.17, 15) is 45.0 Å². The van der Waals surface area contributed by atoms with Crippen molar-refractivity contribution in [3.63, 3.8) is 0 Å². The topological polar surface area (TPSA) is 258 Å². The fourth-order valence-electron chi connectivity index (χ4n) is 6.77. The van der Waals surface area contributed by atoms with E-state index in [4.69, 9.17) is 19.6 Å². The Morgan fingerprint density at radius 3 is 2.47 bits per heavy atom. The van der Waals surface area contributed by atoms with Gasteiger partial charge in [0.05, 0.1) is 10.9 Å². The Kier molecular flexibility index (Phi) is 12.6. The first-order chi connectivity index (χ1) is 25.3. The molecule has 3 heterocycles. The molecule has 8 atom stereocenters. The van der Waals surface area contributed by atoms with Gasteiger partial charge in [0.25, 0.3) is 5.91 Å². The molecule has 1 saturated heterocycles. The lowest BCUT2D eigenvalue weighted by atomic mass is 9.83. The van der Waals surface area contributed by atoms with Crippen LogP contribution in [0.25, 0.3) is 22.1 Å². The van der Waals surface area contributed by atoms with Crippen molar-refractivity contribution in [3.8, 4) is 22.6 Å². The number of nitrogens with two attached hydrogens (primary N) is 1. The highest BCUT2D eigenvalue weighted by molar-refractivity contribution is 5.99. The molecule has 8 unspecified atom stereocenters. The van der Waals surface area contributed by atoms with Gasteiger partial charge in [0.15, 0.2) is 11.7 Å². The number of benzene rings is 2. The van der Waals surface area contributed by atoms with Crippen molar-refractivity contribution in [3.05, 3.63) is 82.5 Å². The molecular formula is C38H47N3O12. The zero-order valence-electron chi connectivity index (χ0n) is 29.5. The number of aromatic amines is 1. The lowest BCUT2D eigenvalue weighted by Crippen LogP contribution is -2.75. The number of primary amides is 1. The third-order valence-electron chi connectivity index (χ3n) is 9.97. The molecule has 1 aliphatic rings. The number of carbonyl (C=O) groups is 2. The average molecular weight is 738 g/mol. The minimum atomic E-state index is -2.84. The number of amides is 1. The highest BCUT2D eigenvalue weighted by atomic mass is 16.7. The van der Waals surface area contributed by atoms with Gasteiger partial charge in [-0.3, -0.25) is 14.9 Å². The lowest BCUT2D eigenvalue weighted by molar-refractivity contribution is -0.338. The van der Waals surface area contributed by atoms with E-state index in [0.29, 0.717) is 6.42 Å². The molecule has 5 rings (SSSR count). The molecule has 1 amide bonds. The molecule has 0 bridgehead atoms. The summed E-state index contributed by atoms with van der Waals surface area (Å²) in [5, 5.41) is 67.6. The molecule has 10 N–H and O–H groups in total. The van der Waals surface area contributed by atoms with Gasteiger partial charge in [0, 0.05) is 25.0 Å². The third-order valence-corrected chi connectivity index (χ3v) is 9.97. The summed E-state index contributed by atoms with van der Waals surface area (Å²) in [7, 11) is 0. The summed E-state index contributed by atoms with van der Waals surface area (Å²) in [5.41, 5.74) is 3.04. The van der Waals surface area contributed by atoms with Crippen LogP contribution in [0.2, 0.25) is 0 Å². The van der Waals surface area contributed by atoms with Crippen LogP contribution in [0.4, 0.5) is 0 Å². The number of rotatable bonds is 17. The zero-order valence-corrected chi connectivity index (χ0v) is 29.5. The van der Waals surface area contributed by atoms with Crippen molar-refractivity contribution in [2.45, 2.75) is 88.8 Å². The van der Waals surface area contributed by atoms with Crippen LogP contribution >= 0.6 is 0 Å². The Morgan fingerprint density at radius 2 is 1.83 bits per heavy atom. The van der Waals surface area contributed by atoms with E-state index in [1.807, 2.05) is 18.5 Å². The van der Waals surface area contributed by atoms with E-state index in [0.717, 1.165) is 43.7 Å². The summed E-state index contributed by atoms with van der Waals surface area (Å²) >= 11 is 0. The molecule has 4 aromatic rings. The van der Waals surface area contributed by atoms with Crippen LogP contribution in [0, 0.1) is 11.8 Å². The number of aliphatic carboxylic acids is 1. The van der Waals surface area contributed by atoms with Crippen LogP contribution in [0.5, 0.6) is 11.5 Å². The number of carbonyl (C=O) groups excluding carboxylic acids is 1. The van der Waals surface area contributed by atoms with Crippen molar-refractivity contribution in [2.75, 3.05) is 6.54 Å². The van der Waals surface area contributed by atoms with Crippen LogP contribution in [0.1, 0.15) is 62.1 Å². The highest BCUT2D eigenvalue weighted by Gasteiger charge is 2.62. The molecule has 1 fully saturated rings. The Bertz CT molecular complexity index is 1910. The number of carboxylic acids is 1. The second-order valence-electron chi connectivity index (χ2n) is 13.7. The number of hydrogen-bond acceptors (Lipinski definition) is 12. The SMILES string of the molecule is CCCCCCC(C)C(CNC(O)C1(O)C(Oc2ccc3c(=O)c(-c4ccc(O)cc4)c(C(N)=O)oc3c2)OC(C(=O)O)C(O)C1O)Cc1cc[nH]c1. The van der Waals surface area contributed by atoms with Crippen molar-refractivity contribution in [1.29, 1.82) is 0 Å². The molecule has 15 heteroatoms. The second kappa shape index (κ2) is 16.9. The summed E-state index contributed by atoms with van der Waals surface area (Å²) in [6.07, 6.45) is -1.10. The predicted molar refractivity (Wildman–Crippen MR) is 192 cm³/mol. The van der Waals surface area contributed by atoms with E-state index in [-0.39, 0.29) is 52.0 Å². The predicted octanol–water partition coefficient (Wildman–Crippen LogP) is 2.61. The summed E-state index contributed by atoms with van der Waals surface area (Å²) in [6, 6.07) is 11.1. The fourth-order valence-corrected chi connectivity index (χ4v) is 6.77. The average Bonchev–Trinajstić information content (AvgIpc) is 3.65. The van der Waals surface area contributed by atoms with Crippen LogP contribution in [-0.2, 0) is 16.0 Å². The van der Waals surface area contributed by atoms with E-state index in [2.05, 4.69) is 24.1 Å². The third kappa shape index (κ3) is 8.56. The largest absolute Gasteiger partial charge is 0.508 e. The number of aliphatic hydroxyl groups excluding tert-OH is 3. The molecule has 2 aromatic heterocycles. The number of phenols is 1. The van der Waals surface area contributed by atoms with Gasteiger partial charge in [-0.15, -0.1) is 0 Å². The standard InChI is InChI=1S/C38H47N3O12/c1-3-4-5-6-7-20(2)23(16-21-14-15-40-18-21)19-41-36(49)38(50)33(45)30(44)32(35(47)48)53-37(38)51-25-12-13-26-27(17-25)52-31(34(39)46)28(29(26)43)22-8-10-24(42)11-9-22/h8-15,17-18,20,23,30,32-33,36-37,40-42,44-45,49-50H,3-7,16,19H2,1-2H3,(H2,39,46)(H,47,48). The molecule has 0 aliphatic carbocycles. The monoisotopic (exact) mass is 737 g/mol. The van der Waals surface area contributed by atoms with Crippen molar-refractivity contribution >= 4 is 22.8 Å². The van der Waals surface area contributed by atoms with Crippen LogP contribution in [0.15, 0.2) is 70.1 Å². The molecule has 286 valence electrons. The number of nitrogens with one attached hydrogen (secondary N) is 2. The number of fused-ring (bicyclic) bond motifs is 1. The summed E-state index contributed by atoms with van der Waals surface area (Å²) < 4.78 is 17.1. The maximum Gasteiger partial charge on any atom is 0.335 e. The second-order valence-corrected chi connectivity index (χ2v) is 13.7. The molecular weight excluding hydrogens is 690 g/mol. The number of H-pyrrole nitrogens is 1. The maximum absolute atomic E-state index is 13.6. The number of ether oxygens (including phenoxy) is 2. The number of carboxylic acid groups (broad SMARTS) is 1. The number of aliphatic hydroxyl groups is 4. The van der Waals surface area contributed by atoms with Gasteiger partial charge in [0.2, 0.25) is 17.5 Å². The molecule has 53 heavy (non-hydrogen) atoms. The first-order valence-corrected chi connectivity index (χ1v) is 17.6. The van der Waals surface area contributed by atoms with Gasteiger partial charge in [-0.1, -0.05) is 58.1 Å². The number of phenolic OH excluding ortho intramolecular Hbond substituents is 1. The first kappa shape index (κ1) is 39.4. The number of aromatic hydroxyl groups is 1. The molecule has 1 aliphatic heterocycles. The van der Waals surface area contributed by atoms with Gasteiger partial charge in [-0.05, 0) is 59.7 Å². The zero-order chi connectivity index (χ0) is 38.4. The number of unbranched alkanes of at least 4 members (excludes halogenated alkanes) is 3. The summed E-state index contributed by atoms with van der Waals surface area (Å²) in [5.74, 6) is -3.35. The van der Waals surface area contributed by atoms with Gasteiger partial charge in [0.1, 0.15) is 35.5 Å². The minimum absolute atomic E-state index is 0.0110. The van der Waals surface area contributed by atoms with Crippen LogP contribution in [-0.4, -0.2) is 90.5 Å². The Morgan fingerprint density at radius 1 is 1.09 bits per heavy atom. The summed E-state index contributed by atoms with van der Waals surface area (Å²) in [6.45, 7) is 4.40. The van der Waals surface area contributed by atoms with Gasteiger partial charge < -0.3 is 55.2 Å². The molecule has 0 saturated carbocycles. The quantitative estimate of drug-likeness (QED) is 0.0559. The highest BCUT2D eigenvalue weighted by Crippen LogP contribution is 2.36. The maximum atomic E-state index is 13.6. The Balaban J connectivity index is 1.45. The Hall–Kier alpha value is -4.77. The molecule has 15 nitrogen and oxygen atoms in total. The Labute approximate surface area is 305 Å². The lowest BCUT2D eigenvalue weighted by Gasteiger charge is -2.48. The van der Waals surface area contributed by atoms with E-state index in [1.165, 1.54) is 36.4 Å². The van der Waals surface area contributed by atoms with E-state index >= 15 is 0 Å². The van der Waals surface area contributed by atoms with Gasteiger partial charge >= 0.3 is 5.97 Å². The van der Waals surface area contributed by atoms with Gasteiger partial charge in [-0.2, -0.15) is 0 Å². The van der Waals surface area contributed by atoms with Crippen molar-refractivity contribution < 1.29 is 54.1 Å². The normalized spacial score (nSPS) is 23.4. The summed E-state index contributed by atoms with van der Waals surface area (Å²) in [4.78, 5) is 41.1. The molecule has 0 radical (unpaired) electrons. The van der Waals surface area contributed by atoms with E-state index in [1.54, 1.807) is 0 Å². The molecule has 0 spiro atoms. The molecule has 2 aromatic carbocycles. The minimum Gasteiger partial charge on any atom is -0.508 e. The first-order valence-electron chi connectivity index (χ1n) is 17.6. The van der Waals surface area contributed by atoms with Crippen molar-refractivity contribution in [2.24, 2.45) is 17.6 Å². The van der Waals surface area contributed by atoms with Crippen molar-refractivity contribution in [1.82, 2.24) is 10.3 Å². The van der Waals surface area contributed by atoms with Crippen LogP contribution in [0.3, 0.4) is 0 Å². The number of aromatic nitrogens is 1. The van der Waals surface area contributed by atoms with Crippen LogP contribution < -0.4 is 21.2 Å².